The number of halogens is 1. The van der Waals surface area contributed by atoms with E-state index in [1.165, 1.54) is 0 Å². The van der Waals surface area contributed by atoms with E-state index in [2.05, 4.69) is 15.6 Å². The van der Waals surface area contributed by atoms with Crippen molar-refractivity contribution in [3.63, 3.8) is 0 Å². The zero-order valence-electron chi connectivity index (χ0n) is 29.3. The molecule has 1 saturated heterocycles. The first-order valence-electron chi connectivity index (χ1n) is 17.5. The van der Waals surface area contributed by atoms with Crippen molar-refractivity contribution in [2.45, 2.75) is 62.7 Å². The van der Waals surface area contributed by atoms with E-state index in [4.69, 9.17) is 16.3 Å². The van der Waals surface area contributed by atoms with Crippen LogP contribution in [0, 0.1) is 5.92 Å². The summed E-state index contributed by atoms with van der Waals surface area (Å²) in [5, 5.41) is 22.3. The van der Waals surface area contributed by atoms with Gasteiger partial charge in [-0.25, -0.2) is 0 Å². The van der Waals surface area contributed by atoms with Gasteiger partial charge in [0, 0.05) is 46.0 Å². The molecule has 1 unspecified atom stereocenters. The number of rotatable bonds is 11. The molecule has 3 N–H and O–H groups in total. The van der Waals surface area contributed by atoms with Crippen molar-refractivity contribution in [2.24, 2.45) is 5.92 Å². The average molecular weight is 736 g/mol. The molecule has 52 heavy (non-hydrogen) atoms. The number of fused-ring (bicyclic) bond motifs is 2. The lowest BCUT2D eigenvalue weighted by atomic mass is 9.82. The lowest BCUT2D eigenvalue weighted by Crippen LogP contribution is -2.46. The van der Waals surface area contributed by atoms with E-state index in [0.29, 0.717) is 40.5 Å². The maximum absolute atomic E-state index is 14.8. The van der Waals surface area contributed by atoms with Crippen molar-refractivity contribution < 1.29 is 24.2 Å². The van der Waals surface area contributed by atoms with Gasteiger partial charge < -0.3 is 24.9 Å². The van der Waals surface area contributed by atoms with Crippen LogP contribution in [0.5, 0.6) is 0 Å². The third-order valence-electron chi connectivity index (χ3n) is 10.5. The van der Waals surface area contributed by atoms with Gasteiger partial charge in [0.05, 0.1) is 36.6 Å². The number of aromatic nitrogens is 3. The summed E-state index contributed by atoms with van der Waals surface area (Å²) in [5.74, 6) is -1.04. The molecule has 0 saturated carbocycles. The smallest absolute Gasteiger partial charge is 0.264 e. The number of aryl methyl sites for hydroxylation is 1. The molecule has 10 nitrogen and oxygen atoms in total. The van der Waals surface area contributed by atoms with Crippen LogP contribution in [-0.4, -0.2) is 57.7 Å². The number of ether oxygens (including phenoxy) is 1. The molecule has 3 heterocycles. The van der Waals surface area contributed by atoms with E-state index in [1.54, 1.807) is 27.8 Å². The minimum absolute atomic E-state index is 0.101. The number of anilines is 2. The van der Waals surface area contributed by atoms with E-state index >= 15 is 0 Å². The van der Waals surface area contributed by atoms with Crippen molar-refractivity contribution in [1.82, 2.24) is 15.0 Å². The van der Waals surface area contributed by atoms with E-state index in [0.717, 1.165) is 16.8 Å². The summed E-state index contributed by atoms with van der Waals surface area (Å²) in [6.45, 7) is 6.43. The summed E-state index contributed by atoms with van der Waals surface area (Å²) in [4.78, 5) is 40.9. The second-order valence-electron chi connectivity index (χ2n) is 14.3. The first kappa shape index (κ1) is 35.7. The van der Waals surface area contributed by atoms with Gasteiger partial charge >= 0.3 is 0 Å². The fourth-order valence-electron chi connectivity index (χ4n) is 8.04. The van der Waals surface area contributed by atoms with Crippen LogP contribution in [0.2, 0.25) is 23.7 Å². The number of aliphatic hydroxyl groups is 1. The van der Waals surface area contributed by atoms with Crippen LogP contribution in [-0.2, 0) is 28.2 Å². The van der Waals surface area contributed by atoms with Gasteiger partial charge in [0.25, 0.3) is 11.8 Å². The van der Waals surface area contributed by atoms with Gasteiger partial charge in [-0.15, -0.1) is 5.10 Å². The van der Waals surface area contributed by atoms with Gasteiger partial charge in [-0.1, -0.05) is 84.4 Å². The van der Waals surface area contributed by atoms with Crippen molar-refractivity contribution >= 4 is 43.1 Å². The molecule has 1 fully saturated rings. The van der Waals surface area contributed by atoms with Gasteiger partial charge in [-0.2, -0.15) is 0 Å². The first-order chi connectivity index (χ1) is 25.0. The van der Waals surface area contributed by atoms with Crippen LogP contribution >= 0.6 is 11.6 Å². The molecule has 1 spiro atoms. The molecule has 7 rings (SSSR count). The van der Waals surface area contributed by atoms with Gasteiger partial charge in [0.15, 0.2) is 13.9 Å². The zero-order chi connectivity index (χ0) is 36.6. The molecule has 0 aliphatic carbocycles. The number of carbonyl (C=O) groups is 2. The fourth-order valence-corrected chi connectivity index (χ4v) is 10.8. The first-order valence-corrected chi connectivity index (χ1v) is 20.9. The molecule has 12 heteroatoms. The Morgan fingerprint density at radius 2 is 1.71 bits per heavy atom. The number of benzene rings is 4. The Balaban J connectivity index is 1.13. The van der Waals surface area contributed by atoms with Gasteiger partial charge in [-0.05, 0) is 73.1 Å². The van der Waals surface area contributed by atoms with E-state index in [1.807, 2.05) is 111 Å². The van der Waals surface area contributed by atoms with Crippen molar-refractivity contribution in [1.29, 1.82) is 0 Å². The third-order valence-corrected chi connectivity index (χ3v) is 13.2. The summed E-state index contributed by atoms with van der Waals surface area (Å²) in [6, 6.07) is 31.6. The molecule has 5 aromatic rings. The molecular formula is C40H42ClN5O5Si. The Labute approximate surface area is 309 Å². The van der Waals surface area contributed by atoms with Gasteiger partial charge in [0.1, 0.15) is 0 Å². The monoisotopic (exact) mass is 735 g/mol. The Kier molecular flexibility index (Phi) is 9.90. The quantitative estimate of drug-likeness (QED) is 0.128. The number of nitrogens with zero attached hydrogens (tertiary/aromatic N) is 4. The molecule has 0 radical (unpaired) electrons. The fraction of sp³-hybridized carbons (Fsp3) is 0.300. The summed E-state index contributed by atoms with van der Waals surface area (Å²) < 4.78 is 8.71. The number of hydrogen-bond donors (Lipinski definition) is 3. The van der Waals surface area contributed by atoms with E-state index < -0.39 is 20.0 Å². The average Bonchev–Trinajstić information content (AvgIpc) is 3.79. The minimum Gasteiger partial charge on any atom is -0.432 e. The molecule has 2 amide bonds. The third kappa shape index (κ3) is 6.70. The van der Waals surface area contributed by atoms with E-state index in [9.17, 15) is 19.5 Å². The molecule has 1 aromatic heterocycles. The number of nitrogens with one attached hydrogen (secondary N) is 1. The van der Waals surface area contributed by atoms with Crippen LogP contribution in [0.3, 0.4) is 0 Å². The van der Waals surface area contributed by atoms with E-state index in [-0.39, 0.29) is 42.3 Å². The Hall–Kier alpha value is -4.65. The number of aliphatic hydroxyl groups excluding tert-OH is 1. The Morgan fingerprint density at radius 3 is 2.38 bits per heavy atom. The van der Waals surface area contributed by atoms with Crippen LogP contribution in [0.4, 0.5) is 11.4 Å². The maximum Gasteiger partial charge on any atom is 0.264 e. The number of hydrogen-bond acceptors (Lipinski definition) is 7. The van der Waals surface area contributed by atoms with Crippen LogP contribution < -0.4 is 10.2 Å². The molecule has 2 aliphatic heterocycles. The Morgan fingerprint density at radius 1 is 1.02 bits per heavy atom. The normalized spacial score (nSPS) is 21.8. The molecule has 4 aromatic carbocycles. The summed E-state index contributed by atoms with van der Waals surface area (Å²) in [6.07, 6.45) is 1.89. The largest absolute Gasteiger partial charge is 0.432 e. The second-order valence-corrected chi connectivity index (χ2v) is 18.7. The van der Waals surface area contributed by atoms with Crippen LogP contribution in [0.25, 0.3) is 0 Å². The highest BCUT2D eigenvalue weighted by molar-refractivity contribution is 6.71. The Bertz CT molecular complexity index is 2060. The van der Waals surface area contributed by atoms with Crippen molar-refractivity contribution in [3.05, 3.63) is 142 Å². The van der Waals surface area contributed by atoms with Crippen LogP contribution in [0.15, 0.2) is 109 Å². The van der Waals surface area contributed by atoms with Crippen molar-refractivity contribution in [3.8, 4) is 0 Å². The van der Waals surface area contributed by atoms with Gasteiger partial charge in [-0.3, -0.25) is 14.3 Å². The molecule has 5 atom stereocenters. The van der Waals surface area contributed by atoms with Crippen LogP contribution in [0.1, 0.15) is 52.0 Å². The highest BCUT2D eigenvalue weighted by Crippen LogP contribution is 2.60. The zero-order valence-corrected chi connectivity index (χ0v) is 31.1. The SMILES string of the molecule is C[C@@H]1[C@@H]([Si](C)(C)O)[C@H](CCn2cc(C(CO)c3ccccc3)nn2)O[C@@]12C(=O)N(Cc1ccc(NC(=O)c3ccccc3)cc1)c1ccc(Cl)cc12. The summed E-state index contributed by atoms with van der Waals surface area (Å²) in [7, 11) is -2.89. The highest BCUT2D eigenvalue weighted by Gasteiger charge is 2.66. The molecular weight excluding hydrogens is 694 g/mol. The minimum atomic E-state index is -2.89. The molecule has 268 valence electrons. The topological polar surface area (TPSA) is 130 Å². The predicted octanol–water partition coefficient (Wildman–Crippen LogP) is 6.74. The van der Waals surface area contributed by atoms with Gasteiger partial charge in [0.2, 0.25) is 0 Å². The highest BCUT2D eigenvalue weighted by atomic mass is 35.5. The molecule has 2 aliphatic rings. The number of amides is 2. The second kappa shape index (κ2) is 14.4. The molecule has 0 bridgehead atoms. The predicted molar refractivity (Wildman–Crippen MR) is 203 cm³/mol. The lowest BCUT2D eigenvalue weighted by Gasteiger charge is -2.32. The summed E-state index contributed by atoms with van der Waals surface area (Å²) >= 11 is 6.58. The number of carbonyl (C=O) groups excluding carboxylic acids is 2. The standard InChI is InChI=1S/C40H42ClN5O5Si/c1-26-37(52(2,3)50)36(20-21-45-24-34(43-44-45)32(25-47)28-10-6-4-7-11-28)51-40(26)33-22-30(41)16-19-35(33)46(39(40)49)23-27-14-17-31(18-15-27)42-38(48)29-12-8-5-9-13-29/h4-19,22,24,26,32,36-37,47,50H,20-21,23,25H2,1-3H3,(H,42,48)/t26-,32?,36+,37-,40+/m1/s1. The van der Waals surface area contributed by atoms with Crippen molar-refractivity contribution in [2.75, 3.05) is 16.8 Å². The lowest BCUT2D eigenvalue weighted by molar-refractivity contribution is -0.146. The summed E-state index contributed by atoms with van der Waals surface area (Å²) in [5.41, 5.74) is 3.51. The maximum atomic E-state index is 14.8.